The minimum Gasteiger partial charge on any atom is -0.385 e. The highest BCUT2D eigenvalue weighted by molar-refractivity contribution is 5.82. The Hall–Kier alpha value is -1.71. The summed E-state index contributed by atoms with van der Waals surface area (Å²) in [5.41, 5.74) is 3.70. The molecule has 1 aromatic rings. The predicted molar refractivity (Wildman–Crippen MR) is 75.2 cm³/mol. The normalized spacial score (nSPS) is 13.4. The van der Waals surface area contributed by atoms with Crippen LogP contribution in [0.1, 0.15) is 18.9 Å². The molecule has 1 aliphatic rings. The summed E-state index contributed by atoms with van der Waals surface area (Å²) in [5, 5.41) is 6.24. The molecule has 0 bridgehead atoms. The fourth-order valence-corrected chi connectivity index (χ4v) is 2.40. The lowest BCUT2D eigenvalue weighted by Gasteiger charge is -2.26. The third-order valence-electron chi connectivity index (χ3n) is 3.24. The molecule has 1 amide bonds. The van der Waals surface area contributed by atoms with E-state index >= 15 is 0 Å². The van der Waals surface area contributed by atoms with Crippen molar-refractivity contribution in [3.8, 4) is 0 Å². The minimum atomic E-state index is 0.0707. The maximum absolute atomic E-state index is 11.6. The number of anilines is 2. The Labute approximate surface area is 108 Å². The topological polar surface area (TPSA) is 44.4 Å². The van der Waals surface area contributed by atoms with Gasteiger partial charge in [0.25, 0.3) is 0 Å². The fourth-order valence-electron chi connectivity index (χ4n) is 2.40. The van der Waals surface area contributed by atoms with Crippen molar-refractivity contribution in [2.45, 2.75) is 19.8 Å². The molecular weight excluding hydrogens is 226 g/mol. The summed E-state index contributed by atoms with van der Waals surface area (Å²) in [4.78, 5) is 13.7. The number of nitrogens with zero attached hydrogens (tertiary/aromatic N) is 1. The molecule has 0 saturated heterocycles. The molecule has 0 aliphatic carbocycles. The summed E-state index contributed by atoms with van der Waals surface area (Å²) in [5.74, 6) is 0.0707. The second-order valence-corrected chi connectivity index (χ2v) is 4.64. The van der Waals surface area contributed by atoms with Crippen molar-refractivity contribution in [1.82, 2.24) is 5.32 Å². The van der Waals surface area contributed by atoms with Crippen LogP contribution < -0.4 is 15.5 Å². The van der Waals surface area contributed by atoms with Crippen LogP contribution in [0.4, 0.5) is 11.4 Å². The van der Waals surface area contributed by atoms with Gasteiger partial charge in [-0.2, -0.15) is 0 Å². The van der Waals surface area contributed by atoms with E-state index < -0.39 is 0 Å². The molecule has 0 saturated carbocycles. The number of nitrogens with one attached hydrogen (secondary N) is 2. The summed E-state index contributed by atoms with van der Waals surface area (Å²) >= 11 is 0. The number of hydrogen-bond donors (Lipinski definition) is 2. The zero-order valence-corrected chi connectivity index (χ0v) is 11.1. The number of benzene rings is 1. The smallest absolute Gasteiger partial charge is 0.239 e. The lowest BCUT2D eigenvalue weighted by atomic mass is 10.0. The summed E-state index contributed by atoms with van der Waals surface area (Å²) in [6.07, 6.45) is 2.23. The number of carbonyl (C=O) groups is 1. The molecular formula is C14H21N3O. The summed E-state index contributed by atoms with van der Waals surface area (Å²) < 4.78 is 0. The Kier molecular flexibility index (Phi) is 4.07. The second-order valence-electron chi connectivity index (χ2n) is 4.64. The molecule has 0 spiro atoms. The standard InChI is InChI=1S/C14H21N3O/c1-3-15-14(18)10-17(2)13-8-4-7-12-11(13)6-5-9-16-12/h4,7-8,16H,3,5-6,9-10H2,1-2H3,(H,15,18). The SMILES string of the molecule is CCNC(=O)CN(C)c1cccc2c1CCCN2. The van der Waals surface area contributed by atoms with Gasteiger partial charge in [-0.05, 0) is 37.5 Å². The van der Waals surface area contributed by atoms with E-state index in [0.29, 0.717) is 13.1 Å². The first-order chi connectivity index (χ1) is 8.72. The maximum Gasteiger partial charge on any atom is 0.239 e. The number of fused-ring (bicyclic) bond motifs is 1. The zero-order chi connectivity index (χ0) is 13.0. The van der Waals surface area contributed by atoms with Crippen LogP contribution >= 0.6 is 0 Å². The highest BCUT2D eigenvalue weighted by Gasteiger charge is 2.16. The first-order valence-electron chi connectivity index (χ1n) is 6.56. The maximum atomic E-state index is 11.6. The average molecular weight is 247 g/mol. The zero-order valence-electron chi connectivity index (χ0n) is 11.1. The Morgan fingerprint density at radius 1 is 1.50 bits per heavy atom. The van der Waals surface area contributed by atoms with Gasteiger partial charge in [-0.3, -0.25) is 4.79 Å². The highest BCUT2D eigenvalue weighted by atomic mass is 16.2. The van der Waals surface area contributed by atoms with Crippen molar-refractivity contribution in [3.05, 3.63) is 23.8 Å². The molecule has 4 nitrogen and oxygen atoms in total. The number of hydrogen-bond acceptors (Lipinski definition) is 3. The highest BCUT2D eigenvalue weighted by Crippen LogP contribution is 2.30. The van der Waals surface area contributed by atoms with Crippen molar-refractivity contribution in [3.63, 3.8) is 0 Å². The Morgan fingerprint density at radius 3 is 3.11 bits per heavy atom. The predicted octanol–water partition coefficient (Wildman–Crippen LogP) is 1.62. The second kappa shape index (κ2) is 5.76. The molecule has 0 aromatic heterocycles. The molecule has 98 valence electrons. The van der Waals surface area contributed by atoms with Gasteiger partial charge in [-0.25, -0.2) is 0 Å². The molecule has 18 heavy (non-hydrogen) atoms. The van der Waals surface area contributed by atoms with Gasteiger partial charge in [0, 0.05) is 31.5 Å². The van der Waals surface area contributed by atoms with E-state index in [0.717, 1.165) is 25.1 Å². The van der Waals surface area contributed by atoms with Gasteiger partial charge in [0.1, 0.15) is 0 Å². The van der Waals surface area contributed by atoms with Crippen molar-refractivity contribution in [1.29, 1.82) is 0 Å². The van der Waals surface area contributed by atoms with Gasteiger partial charge in [0.15, 0.2) is 0 Å². The quantitative estimate of drug-likeness (QED) is 0.849. The molecule has 0 atom stereocenters. The minimum absolute atomic E-state index is 0.0707. The molecule has 4 heteroatoms. The van der Waals surface area contributed by atoms with Crippen LogP contribution in [0.15, 0.2) is 18.2 Å². The molecule has 0 radical (unpaired) electrons. The average Bonchev–Trinajstić information content (AvgIpc) is 2.38. The van der Waals surface area contributed by atoms with Crippen LogP contribution in [-0.2, 0) is 11.2 Å². The monoisotopic (exact) mass is 247 g/mol. The van der Waals surface area contributed by atoms with Crippen molar-refractivity contribution < 1.29 is 4.79 Å². The van der Waals surface area contributed by atoms with Crippen LogP contribution in [0.3, 0.4) is 0 Å². The third-order valence-corrected chi connectivity index (χ3v) is 3.24. The van der Waals surface area contributed by atoms with Gasteiger partial charge in [0.05, 0.1) is 6.54 Å². The number of amides is 1. The Bertz CT molecular complexity index is 431. The first-order valence-corrected chi connectivity index (χ1v) is 6.56. The van der Waals surface area contributed by atoms with Crippen molar-refractivity contribution >= 4 is 17.3 Å². The van der Waals surface area contributed by atoms with Crippen LogP contribution in [0.5, 0.6) is 0 Å². The molecule has 1 aliphatic heterocycles. The summed E-state index contributed by atoms with van der Waals surface area (Å²) in [7, 11) is 1.97. The van der Waals surface area contributed by atoms with Gasteiger partial charge >= 0.3 is 0 Å². The first kappa shape index (κ1) is 12.7. The van der Waals surface area contributed by atoms with E-state index in [1.165, 1.54) is 11.3 Å². The van der Waals surface area contributed by atoms with E-state index in [4.69, 9.17) is 0 Å². The van der Waals surface area contributed by atoms with Crippen molar-refractivity contribution in [2.24, 2.45) is 0 Å². The molecule has 0 fully saturated rings. The Balaban J connectivity index is 2.15. The molecule has 1 aromatic carbocycles. The van der Waals surface area contributed by atoms with Gasteiger partial charge in [-0.15, -0.1) is 0 Å². The van der Waals surface area contributed by atoms with E-state index in [-0.39, 0.29) is 5.91 Å². The number of likely N-dealkylation sites (N-methyl/N-ethyl adjacent to an activating group) is 2. The lowest BCUT2D eigenvalue weighted by Crippen LogP contribution is -2.35. The summed E-state index contributed by atoms with van der Waals surface area (Å²) in [6.45, 7) is 4.06. The van der Waals surface area contributed by atoms with Gasteiger partial charge in [0.2, 0.25) is 5.91 Å². The van der Waals surface area contributed by atoms with Crippen LogP contribution in [0, 0.1) is 0 Å². The molecule has 0 unspecified atom stereocenters. The lowest BCUT2D eigenvalue weighted by molar-refractivity contribution is -0.119. The van der Waals surface area contributed by atoms with Gasteiger partial charge < -0.3 is 15.5 Å². The van der Waals surface area contributed by atoms with Crippen LogP contribution in [0.25, 0.3) is 0 Å². The Morgan fingerprint density at radius 2 is 2.33 bits per heavy atom. The van der Waals surface area contributed by atoms with E-state index in [9.17, 15) is 4.79 Å². The van der Waals surface area contributed by atoms with Crippen LogP contribution in [-0.4, -0.2) is 32.6 Å². The molecule has 1 heterocycles. The largest absolute Gasteiger partial charge is 0.385 e. The van der Waals surface area contributed by atoms with E-state index in [1.54, 1.807) is 0 Å². The third kappa shape index (κ3) is 2.75. The van der Waals surface area contributed by atoms with Crippen molar-refractivity contribution in [2.75, 3.05) is 36.9 Å². The number of rotatable bonds is 4. The molecule has 2 N–H and O–H groups in total. The van der Waals surface area contributed by atoms with Gasteiger partial charge in [-0.1, -0.05) is 6.07 Å². The van der Waals surface area contributed by atoms with E-state index in [1.807, 2.05) is 24.9 Å². The fraction of sp³-hybridized carbons (Fsp3) is 0.500. The number of carbonyl (C=O) groups excluding carboxylic acids is 1. The van der Waals surface area contributed by atoms with Crippen LogP contribution in [0.2, 0.25) is 0 Å². The molecule has 2 rings (SSSR count). The summed E-state index contributed by atoms with van der Waals surface area (Å²) in [6, 6.07) is 6.24. The van der Waals surface area contributed by atoms with E-state index in [2.05, 4.69) is 22.8 Å².